The fourth-order valence-electron chi connectivity index (χ4n) is 3.56. The summed E-state index contributed by atoms with van der Waals surface area (Å²) >= 11 is 0. The predicted molar refractivity (Wildman–Crippen MR) is 114 cm³/mol. The lowest BCUT2D eigenvalue weighted by Gasteiger charge is -2.17. The van der Waals surface area contributed by atoms with E-state index in [2.05, 4.69) is 41.9 Å². The second-order valence-electron chi connectivity index (χ2n) is 7.26. The van der Waals surface area contributed by atoms with Crippen LogP contribution in [0, 0.1) is 13.8 Å². The van der Waals surface area contributed by atoms with Crippen molar-refractivity contribution in [3.63, 3.8) is 0 Å². The van der Waals surface area contributed by atoms with E-state index in [-0.39, 0.29) is 18.6 Å². The minimum absolute atomic E-state index is 0.0359. The van der Waals surface area contributed by atoms with E-state index in [1.807, 2.05) is 31.2 Å². The Morgan fingerprint density at radius 1 is 1.14 bits per heavy atom. The Labute approximate surface area is 171 Å². The van der Waals surface area contributed by atoms with Crippen LogP contribution in [0.2, 0.25) is 0 Å². The summed E-state index contributed by atoms with van der Waals surface area (Å²) in [6.45, 7) is 7.47. The molecule has 154 valence electrons. The van der Waals surface area contributed by atoms with Crippen molar-refractivity contribution in [3.05, 3.63) is 59.4 Å². The van der Waals surface area contributed by atoms with Crippen LogP contribution in [0.1, 0.15) is 36.3 Å². The molecule has 0 saturated heterocycles. The smallest absolute Gasteiger partial charge is 0.246 e. The second-order valence-corrected chi connectivity index (χ2v) is 7.26. The summed E-state index contributed by atoms with van der Waals surface area (Å²) in [4.78, 5) is 16.7. The van der Waals surface area contributed by atoms with E-state index in [1.54, 1.807) is 0 Å². The Morgan fingerprint density at radius 3 is 2.59 bits per heavy atom. The van der Waals surface area contributed by atoms with Gasteiger partial charge < -0.3 is 19.4 Å². The summed E-state index contributed by atoms with van der Waals surface area (Å²) in [6, 6.07) is 14.0. The zero-order valence-corrected chi connectivity index (χ0v) is 17.6. The number of benzene rings is 2. The van der Waals surface area contributed by atoms with Crippen LogP contribution in [-0.4, -0.2) is 35.8 Å². The number of carbonyl (C=O) groups excluding carboxylic acids is 1. The molecule has 3 aromatic rings. The number of nitrogens with one attached hydrogen (secondary N) is 1. The largest absolute Gasteiger partial charge is 0.493 e. The van der Waals surface area contributed by atoms with Crippen LogP contribution in [0.15, 0.2) is 42.5 Å². The van der Waals surface area contributed by atoms with Crippen LogP contribution < -0.4 is 10.1 Å². The zero-order valence-electron chi connectivity index (χ0n) is 17.6. The molecule has 1 unspecified atom stereocenters. The maximum atomic E-state index is 11.9. The average molecular weight is 396 g/mol. The van der Waals surface area contributed by atoms with Gasteiger partial charge in [-0.2, -0.15) is 0 Å². The van der Waals surface area contributed by atoms with Gasteiger partial charge in [0.25, 0.3) is 0 Å². The number of methoxy groups -OCH3 is 1. The number of nitrogens with zero attached hydrogens (tertiary/aromatic N) is 2. The fraction of sp³-hybridized carbons (Fsp3) is 0.391. The molecule has 6 heteroatoms. The van der Waals surface area contributed by atoms with Crippen molar-refractivity contribution in [1.29, 1.82) is 0 Å². The number of aryl methyl sites for hydroxylation is 3. The number of imidazole rings is 1. The maximum absolute atomic E-state index is 11.9. The third kappa shape index (κ3) is 4.95. The van der Waals surface area contributed by atoms with Gasteiger partial charge in [-0.3, -0.25) is 4.79 Å². The van der Waals surface area contributed by atoms with Crippen molar-refractivity contribution >= 4 is 16.9 Å². The molecule has 6 nitrogen and oxygen atoms in total. The van der Waals surface area contributed by atoms with Crippen molar-refractivity contribution in [2.45, 2.75) is 39.8 Å². The summed E-state index contributed by atoms with van der Waals surface area (Å²) in [5.74, 6) is 1.64. The first-order valence-corrected chi connectivity index (χ1v) is 9.93. The number of rotatable bonds is 9. The normalized spacial score (nSPS) is 12.1. The summed E-state index contributed by atoms with van der Waals surface area (Å²) in [5.41, 5.74) is 4.27. The lowest BCUT2D eigenvalue weighted by atomic mass is 10.1. The molecule has 0 saturated carbocycles. The number of carbonyl (C=O) groups is 1. The second kappa shape index (κ2) is 9.56. The molecule has 0 aliphatic carbocycles. The van der Waals surface area contributed by atoms with Crippen LogP contribution in [0.5, 0.6) is 5.75 Å². The Hall–Kier alpha value is -2.86. The number of para-hydroxylation sites is 3. The topological polar surface area (TPSA) is 65.4 Å². The lowest BCUT2D eigenvalue weighted by molar-refractivity contribution is -0.125. The van der Waals surface area contributed by atoms with Gasteiger partial charge in [0.05, 0.1) is 23.7 Å². The molecule has 2 aromatic carbocycles. The first-order valence-electron chi connectivity index (χ1n) is 9.93. The highest BCUT2D eigenvalue weighted by Crippen LogP contribution is 2.24. The van der Waals surface area contributed by atoms with Gasteiger partial charge in [0.2, 0.25) is 5.91 Å². The molecular weight excluding hydrogens is 366 g/mol. The molecule has 0 aliphatic heterocycles. The SMILES string of the molecule is COCC(=O)NC(C)c1nc2ccccc2n1CCCOc1c(C)cccc1C. The molecule has 0 radical (unpaired) electrons. The summed E-state index contributed by atoms with van der Waals surface area (Å²) in [5, 5.41) is 2.95. The first kappa shape index (κ1) is 20.9. The van der Waals surface area contributed by atoms with E-state index < -0.39 is 0 Å². The van der Waals surface area contributed by atoms with Gasteiger partial charge in [0, 0.05) is 13.7 Å². The maximum Gasteiger partial charge on any atom is 0.246 e. The average Bonchev–Trinajstić information content (AvgIpc) is 3.06. The van der Waals surface area contributed by atoms with Gasteiger partial charge in [-0.25, -0.2) is 4.98 Å². The minimum atomic E-state index is -0.218. The zero-order chi connectivity index (χ0) is 20.8. The molecule has 0 fully saturated rings. The molecule has 1 aromatic heterocycles. The van der Waals surface area contributed by atoms with Gasteiger partial charge in [-0.05, 0) is 50.5 Å². The molecule has 1 amide bonds. The standard InChI is InChI=1S/C23H29N3O3/c1-16-9-7-10-17(2)22(16)29-14-8-13-26-20-12-6-5-11-19(20)25-23(26)18(3)24-21(27)15-28-4/h5-7,9-12,18H,8,13-15H2,1-4H3,(H,24,27). The summed E-state index contributed by atoms with van der Waals surface area (Å²) in [7, 11) is 1.51. The monoisotopic (exact) mass is 395 g/mol. The number of hydrogen-bond donors (Lipinski definition) is 1. The summed E-state index contributed by atoms with van der Waals surface area (Å²) in [6.07, 6.45) is 0.833. The molecule has 29 heavy (non-hydrogen) atoms. The van der Waals surface area contributed by atoms with E-state index >= 15 is 0 Å². The number of ether oxygens (including phenoxy) is 2. The van der Waals surface area contributed by atoms with Crippen LogP contribution in [-0.2, 0) is 16.1 Å². The molecule has 3 rings (SSSR count). The van der Waals surface area contributed by atoms with E-state index in [9.17, 15) is 4.79 Å². The number of fused-ring (bicyclic) bond motifs is 1. The number of aromatic nitrogens is 2. The molecule has 1 N–H and O–H groups in total. The van der Waals surface area contributed by atoms with Gasteiger partial charge in [-0.15, -0.1) is 0 Å². The molecule has 0 bridgehead atoms. The van der Waals surface area contributed by atoms with Gasteiger partial charge in [0.15, 0.2) is 0 Å². The third-order valence-corrected chi connectivity index (χ3v) is 4.91. The van der Waals surface area contributed by atoms with E-state index in [4.69, 9.17) is 14.5 Å². The van der Waals surface area contributed by atoms with Crippen molar-refractivity contribution in [2.75, 3.05) is 20.3 Å². The fourth-order valence-corrected chi connectivity index (χ4v) is 3.56. The third-order valence-electron chi connectivity index (χ3n) is 4.91. The van der Waals surface area contributed by atoms with Crippen LogP contribution in [0.25, 0.3) is 11.0 Å². The van der Waals surface area contributed by atoms with Crippen LogP contribution in [0.4, 0.5) is 0 Å². The molecule has 1 heterocycles. The van der Waals surface area contributed by atoms with Gasteiger partial charge in [-0.1, -0.05) is 30.3 Å². The van der Waals surface area contributed by atoms with Crippen molar-refractivity contribution in [3.8, 4) is 5.75 Å². The lowest BCUT2D eigenvalue weighted by Crippen LogP contribution is -2.31. The van der Waals surface area contributed by atoms with Crippen LogP contribution in [0.3, 0.4) is 0 Å². The quantitative estimate of drug-likeness (QED) is 0.557. The van der Waals surface area contributed by atoms with Crippen LogP contribution >= 0.6 is 0 Å². The summed E-state index contributed by atoms with van der Waals surface area (Å²) < 4.78 is 13.1. The highest BCUT2D eigenvalue weighted by atomic mass is 16.5. The molecule has 1 atom stereocenters. The van der Waals surface area contributed by atoms with E-state index in [0.717, 1.165) is 46.7 Å². The molecular formula is C23H29N3O3. The molecule has 0 spiro atoms. The van der Waals surface area contributed by atoms with E-state index in [0.29, 0.717) is 6.61 Å². The predicted octanol–water partition coefficient (Wildman–Crippen LogP) is 3.95. The van der Waals surface area contributed by atoms with Crippen molar-refractivity contribution in [2.24, 2.45) is 0 Å². The molecule has 0 aliphatic rings. The highest BCUT2D eigenvalue weighted by Gasteiger charge is 2.18. The number of amides is 1. The highest BCUT2D eigenvalue weighted by molar-refractivity contribution is 5.78. The first-order chi connectivity index (χ1) is 14.0. The Morgan fingerprint density at radius 2 is 1.86 bits per heavy atom. The Bertz CT molecular complexity index is 960. The van der Waals surface area contributed by atoms with E-state index in [1.165, 1.54) is 7.11 Å². The Balaban J connectivity index is 1.73. The van der Waals surface area contributed by atoms with Gasteiger partial charge in [0.1, 0.15) is 18.2 Å². The van der Waals surface area contributed by atoms with Crippen molar-refractivity contribution < 1.29 is 14.3 Å². The van der Waals surface area contributed by atoms with Gasteiger partial charge >= 0.3 is 0 Å². The number of hydrogen-bond acceptors (Lipinski definition) is 4. The van der Waals surface area contributed by atoms with Crippen molar-refractivity contribution in [1.82, 2.24) is 14.9 Å². The minimum Gasteiger partial charge on any atom is -0.493 e. The Kier molecular flexibility index (Phi) is 6.88.